The molecule has 0 spiro atoms. The van der Waals surface area contributed by atoms with Crippen LogP contribution in [0.3, 0.4) is 0 Å². The van der Waals surface area contributed by atoms with Crippen LogP contribution in [-0.2, 0) is 0 Å². The molecule has 0 bridgehead atoms. The van der Waals surface area contributed by atoms with E-state index in [-0.39, 0.29) is 12.2 Å². The number of piperazine rings is 1. The third-order valence-corrected chi connectivity index (χ3v) is 3.05. The van der Waals surface area contributed by atoms with Crippen LogP contribution in [0, 0.1) is 22.7 Å². The van der Waals surface area contributed by atoms with Gasteiger partial charge in [0.1, 0.15) is 24.3 Å². The molecule has 0 unspecified atom stereocenters. The largest absolute Gasteiger partial charge is 0.391 e. The lowest BCUT2D eigenvalue weighted by Crippen LogP contribution is -2.57. The van der Waals surface area contributed by atoms with Gasteiger partial charge in [-0.15, -0.1) is 0 Å². The van der Waals surface area contributed by atoms with Gasteiger partial charge in [-0.25, -0.2) is 0 Å². The molecule has 1 aliphatic heterocycles. The zero-order valence-corrected chi connectivity index (χ0v) is 9.56. The fourth-order valence-electron chi connectivity index (χ4n) is 1.82. The van der Waals surface area contributed by atoms with Crippen molar-refractivity contribution < 1.29 is 9.59 Å². The second kappa shape index (κ2) is 5.50. The summed E-state index contributed by atoms with van der Waals surface area (Å²) in [6, 6.07) is 3.72. The molecule has 0 saturated carbocycles. The highest BCUT2D eigenvalue weighted by molar-refractivity contribution is 5.34. The molecule has 0 aliphatic carbocycles. The molecule has 0 atom stereocenters. The summed E-state index contributed by atoms with van der Waals surface area (Å²) < 4.78 is 0.856. The van der Waals surface area contributed by atoms with E-state index in [1.54, 1.807) is 6.20 Å². The van der Waals surface area contributed by atoms with E-state index in [1.807, 2.05) is 17.0 Å². The van der Waals surface area contributed by atoms with Crippen molar-refractivity contribution in [1.82, 2.24) is 4.90 Å². The number of nitrogens with zero attached hydrogens (tertiary/aromatic N) is 4. The van der Waals surface area contributed by atoms with Crippen LogP contribution >= 0.6 is 0 Å². The third kappa shape index (κ3) is 3.23. The Labute approximate surface area is 96.0 Å². The van der Waals surface area contributed by atoms with E-state index in [9.17, 15) is 0 Å². The van der Waals surface area contributed by atoms with Crippen molar-refractivity contribution in [1.29, 1.82) is 10.5 Å². The molecule has 5 nitrogen and oxygen atoms in total. The summed E-state index contributed by atoms with van der Waals surface area (Å²) in [5.74, 6) is 0. The predicted octanol–water partition coefficient (Wildman–Crippen LogP) is -0.328. The monoisotopic (exact) mass is 221 g/mol. The number of rotatable bonds is 3. The van der Waals surface area contributed by atoms with Crippen LogP contribution in [0.2, 0.25) is 0 Å². The Kier molecular flexibility index (Phi) is 4.30. The highest BCUT2D eigenvalue weighted by Gasteiger charge is 2.26. The van der Waals surface area contributed by atoms with E-state index >= 15 is 0 Å². The molecule has 0 aromatic heterocycles. The molecule has 1 N–H and O–H groups in total. The summed E-state index contributed by atoms with van der Waals surface area (Å²) in [4.78, 5) is 2.00. The van der Waals surface area contributed by atoms with E-state index in [0.717, 1.165) is 37.2 Å². The van der Waals surface area contributed by atoms with Gasteiger partial charge in [0.25, 0.3) is 0 Å². The van der Waals surface area contributed by atoms with Crippen molar-refractivity contribution in [3.8, 4) is 12.1 Å². The Hall–Kier alpha value is -1.56. The molecule has 1 fully saturated rings. The highest BCUT2D eigenvalue weighted by atomic mass is 16.3. The first-order chi connectivity index (χ1) is 7.63. The van der Waals surface area contributed by atoms with Gasteiger partial charge in [-0.1, -0.05) is 0 Å². The minimum atomic E-state index is 0.151. The summed E-state index contributed by atoms with van der Waals surface area (Å²) >= 11 is 0. The first-order valence-electron chi connectivity index (χ1n) is 5.34. The van der Waals surface area contributed by atoms with Gasteiger partial charge < -0.3 is 14.5 Å². The molecule has 1 rings (SSSR count). The first-order valence-corrected chi connectivity index (χ1v) is 5.34. The van der Waals surface area contributed by atoms with Crippen molar-refractivity contribution in [3.05, 3.63) is 11.8 Å². The van der Waals surface area contributed by atoms with Gasteiger partial charge in [0.05, 0.1) is 39.8 Å². The SMILES string of the molecule is C[N+]1(CCO)CCN(C=C(C#N)C#N)CC1. The summed E-state index contributed by atoms with van der Waals surface area (Å²) in [5.41, 5.74) is 0.151. The van der Waals surface area contributed by atoms with E-state index in [0.29, 0.717) is 0 Å². The molecule has 1 aliphatic rings. The number of nitriles is 2. The molecule has 16 heavy (non-hydrogen) atoms. The fourth-order valence-corrected chi connectivity index (χ4v) is 1.82. The Morgan fingerprint density at radius 3 is 2.38 bits per heavy atom. The number of hydrogen-bond donors (Lipinski definition) is 1. The molecular formula is C11H17N4O+. The standard InChI is InChI=1S/C11H17N4O/c1-15(6-7-16)4-2-14(3-5-15)10-11(8-12)9-13/h10,16H,2-7H2,1H3/q+1. The second-order valence-corrected chi connectivity index (χ2v) is 4.32. The molecular weight excluding hydrogens is 204 g/mol. The number of aliphatic hydroxyl groups excluding tert-OH is 1. The highest BCUT2D eigenvalue weighted by Crippen LogP contribution is 2.10. The van der Waals surface area contributed by atoms with Crippen molar-refractivity contribution in [2.24, 2.45) is 0 Å². The van der Waals surface area contributed by atoms with E-state index in [2.05, 4.69) is 7.05 Å². The zero-order valence-electron chi connectivity index (χ0n) is 9.56. The summed E-state index contributed by atoms with van der Waals surface area (Å²) in [6.45, 7) is 4.48. The van der Waals surface area contributed by atoms with Gasteiger partial charge in [0.15, 0.2) is 0 Å². The van der Waals surface area contributed by atoms with Crippen LogP contribution in [0.4, 0.5) is 0 Å². The minimum absolute atomic E-state index is 0.151. The number of quaternary nitrogens is 1. The van der Waals surface area contributed by atoms with Gasteiger partial charge in [0, 0.05) is 6.20 Å². The van der Waals surface area contributed by atoms with Gasteiger partial charge in [-0.3, -0.25) is 0 Å². The van der Waals surface area contributed by atoms with E-state index in [4.69, 9.17) is 15.6 Å². The van der Waals surface area contributed by atoms with Crippen molar-refractivity contribution in [2.45, 2.75) is 0 Å². The fraction of sp³-hybridized carbons (Fsp3) is 0.636. The molecule has 0 amide bonds. The van der Waals surface area contributed by atoms with E-state index in [1.165, 1.54) is 0 Å². The van der Waals surface area contributed by atoms with E-state index < -0.39 is 0 Å². The smallest absolute Gasteiger partial charge is 0.145 e. The molecule has 5 heteroatoms. The van der Waals surface area contributed by atoms with Crippen LogP contribution in [0.25, 0.3) is 0 Å². The van der Waals surface area contributed by atoms with Gasteiger partial charge in [-0.05, 0) is 0 Å². The molecule has 1 saturated heterocycles. The molecule has 1 heterocycles. The number of aliphatic hydroxyl groups is 1. The first kappa shape index (κ1) is 12.5. The lowest BCUT2D eigenvalue weighted by atomic mass is 10.2. The second-order valence-electron chi connectivity index (χ2n) is 4.32. The Morgan fingerprint density at radius 2 is 1.94 bits per heavy atom. The van der Waals surface area contributed by atoms with Crippen molar-refractivity contribution >= 4 is 0 Å². The van der Waals surface area contributed by atoms with Crippen LogP contribution in [-0.4, -0.2) is 60.9 Å². The van der Waals surface area contributed by atoms with Gasteiger partial charge in [-0.2, -0.15) is 10.5 Å². The minimum Gasteiger partial charge on any atom is -0.391 e. The maximum atomic E-state index is 8.94. The molecule has 0 aromatic carbocycles. The number of hydrogen-bond acceptors (Lipinski definition) is 4. The summed E-state index contributed by atoms with van der Waals surface area (Å²) in [5, 5.41) is 26.2. The number of likely N-dealkylation sites (N-methyl/N-ethyl adjacent to an activating group) is 1. The normalized spacial score (nSPS) is 18.4. The average Bonchev–Trinajstić information content (AvgIpc) is 2.29. The maximum absolute atomic E-state index is 8.94. The Morgan fingerprint density at radius 1 is 1.38 bits per heavy atom. The maximum Gasteiger partial charge on any atom is 0.145 e. The summed E-state index contributed by atoms with van der Waals surface area (Å²) in [6.07, 6.45) is 1.63. The van der Waals surface area contributed by atoms with Gasteiger partial charge in [0.2, 0.25) is 0 Å². The van der Waals surface area contributed by atoms with Crippen LogP contribution in [0.15, 0.2) is 11.8 Å². The molecule has 86 valence electrons. The lowest BCUT2D eigenvalue weighted by molar-refractivity contribution is -0.913. The average molecular weight is 221 g/mol. The zero-order chi connectivity index (χ0) is 12.0. The number of allylic oxidation sites excluding steroid dienone is 1. The Balaban J connectivity index is 2.53. The molecule has 0 radical (unpaired) electrons. The quantitative estimate of drug-likeness (QED) is 0.523. The third-order valence-electron chi connectivity index (χ3n) is 3.05. The summed E-state index contributed by atoms with van der Waals surface area (Å²) in [7, 11) is 2.12. The predicted molar refractivity (Wildman–Crippen MR) is 58.8 cm³/mol. The van der Waals surface area contributed by atoms with Crippen molar-refractivity contribution in [2.75, 3.05) is 46.4 Å². The van der Waals surface area contributed by atoms with Gasteiger partial charge >= 0.3 is 0 Å². The van der Waals surface area contributed by atoms with Crippen LogP contribution in [0.5, 0.6) is 0 Å². The lowest BCUT2D eigenvalue weighted by Gasteiger charge is -2.41. The van der Waals surface area contributed by atoms with Crippen LogP contribution in [0.1, 0.15) is 0 Å². The molecule has 0 aromatic rings. The van der Waals surface area contributed by atoms with Crippen LogP contribution < -0.4 is 0 Å². The van der Waals surface area contributed by atoms with Crippen molar-refractivity contribution in [3.63, 3.8) is 0 Å². The Bertz CT molecular complexity index is 326. The topological polar surface area (TPSA) is 71.0 Å².